The van der Waals surface area contributed by atoms with Crippen LogP contribution in [0.15, 0.2) is 0 Å². The van der Waals surface area contributed by atoms with Crippen molar-refractivity contribution in [3.05, 3.63) is 0 Å². The summed E-state index contributed by atoms with van der Waals surface area (Å²) in [6.07, 6.45) is 4.66. The molecule has 0 aromatic carbocycles. The SMILES string of the molecule is CC(=O)O.CC(=O)OC1CCC(C(C)(C)C)CC1. The number of hydrogen-bond donors (Lipinski definition) is 1. The second-order valence-electron chi connectivity index (χ2n) is 5.97. The molecule has 4 heteroatoms. The van der Waals surface area contributed by atoms with Gasteiger partial charge in [-0.05, 0) is 37.0 Å². The Morgan fingerprint density at radius 3 is 1.72 bits per heavy atom. The molecule has 0 heterocycles. The van der Waals surface area contributed by atoms with Gasteiger partial charge in [-0.3, -0.25) is 9.59 Å². The number of carboxylic acid groups (broad SMARTS) is 1. The predicted octanol–water partition coefficient (Wildman–Crippen LogP) is 3.25. The van der Waals surface area contributed by atoms with Crippen molar-refractivity contribution >= 4 is 11.9 Å². The summed E-state index contributed by atoms with van der Waals surface area (Å²) in [5.41, 5.74) is 0.404. The Bertz CT molecular complexity index is 266. The molecule has 0 saturated heterocycles. The lowest BCUT2D eigenvalue weighted by Crippen LogP contribution is -2.29. The van der Waals surface area contributed by atoms with Crippen molar-refractivity contribution in [2.75, 3.05) is 0 Å². The van der Waals surface area contributed by atoms with Crippen molar-refractivity contribution in [3.63, 3.8) is 0 Å². The quantitative estimate of drug-likeness (QED) is 0.733. The molecule has 0 aliphatic heterocycles. The average Bonchev–Trinajstić information content (AvgIpc) is 2.14. The van der Waals surface area contributed by atoms with Crippen molar-refractivity contribution in [2.24, 2.45) is 11.3 Å². The molecular formula is C14H26O4. The number of rotatable bonds is 1. The number of aliphatic carboxylic acids is 1. The summed E-state index contributed by atoms with van der Waals surface area (Å²) >= 11 is 0. The molecular weight excluding hydrogens is 232 g/mol. The largest absolute Gasteiger partial charge is 0.481 e. The van der Waals surface area contributed by atoms with Crippen LogP contribution in [-0.2, 0) is 14.3 Å². The van der Waals surface area contributed by atoms with Crippen LogP contribution in [0.5, 0.6) is 0 Å². The fraction of sp³-hybridized carbons (Fsp3) is 0.857. The number of esters is 1. The lowest BCUT2D eigenvalue weighted by molar-refractivity contribution is -0.148. The van der Waals surface area contributed by atoms with Crippen LogP contribution in [0.1, 0.15) is 60.3 Å². The zero-order valence-electron chi connectivity index (χ0n) is 12.2. The molecule has 1 aliphatic carbocycles. The van der Waals surface area contributed by atoms with Gasteiger partial charge in [-0.25, -0.2) is 0 Å². The van der Waals surface area contributed by atoms with Crippen LogP contribution >= 0.6 is 0 Å². The third-order valence-electron chi connectivity index (χ3n) is 3.23. The highest BCUT2D eigenvalue weighted by Crippen LogP contribution is 2.38. The number of ether oxygens (including phenoxy) is 1. The highest BCUT2D eigenvalue weighted by molar-refractivity contribution is 5.66. The Kier molecular flexibility index (Phi) is 6.96. The second-order valence-corrected chi connectivity index (χ2v) is 5.97. The molecule has 106 valence electrons. The van der Waals surface area contributed by atoms with Crippen LogP contribution < -0.4 is 0 Å². The van der Waals surface area contributed by atoms with Gasteiger partial charge in [0.1, 0.15) is 6.10 Å². The summed E-state index contributed by atoms with van der Waals surface area (Å²) in [5.74, 6) is -0.182. The number of carbonyl (C=O) groups is 2. The van der Waals surface area contributed by atoms with Gasteiger partial charge in [0, 0.05) is 13.8 Å². The van der Waals surface area contributed by atoms with E-state index in [9.17, 15) is 4.79 Å². The van der Waals surface area contributed by atoms with Crippen molar-refractivity contribution in [2.45, 2.75) is 66.4 Å². The molecule has 1 fully saturated rings. The smallest absolute Gasteiger partial charge is 0.302 e. The van der Waals surface area contributed by atoms with E-state index in [0.717, 1.165) is 25.7 Å². The maximum absolute atomic E-state index is 10.8. The summed E-state index contributed by atoms with van der Waals surface area (Å²) in [6, 6.07) is 0. The summed E-state index contributed by atoms with van der Waals surface area (Å²) in [4.78, 5) is 19.8. The molecule has 0 spiro atoms. The fourth-order valence-electron chi connectivity index (χ4n) is 2.28. The van der Waals surface area contributed by atoms with Crippen LogP contribution in [-0.4, -0.2) is 23.1 Å². The first-order chi connectivity index (χ1) is 8.12. The monoisotopic (exact) mass is 258 g/mol. The summed E-state index contributed by atoms with van der Waals surface area (Å²) in [6.45, 7) is 9.47. The Balaban J connectivity index is 0.000000631. The zero-order chi connectivity index (χ0) is 14.3. The first-order valence-electron chi connectivity index (χ1n) is 6.49. The van der Waals surface area contributed by atoms with E-state index in [1.165, 1.54) is 19.8 Å². The highest BCUT2D eigenvalue weighted by Gasteiger charge is 2.30. The van der Waals surface area contributed by atoms with E-state index in [-0.39, 0.29) is 12.1 Å². The van der Waals surface area contributed by atoms with E-state index in [1.807, 2.05) is 0 Å². The third kappa shape index (κ3) is 8.09. The fourth-order valence-corrected chi connectivity index (χ4v) is 2.28. The lowest BCUT2D eigenvalue weighted by Gasteiger charge is -2.36. The lowest BCUT2D eigenvalue weighted by atomic mass is 9.72. The van der Waals surface area contributed by atoms with Crippen LogP contribution in [0.3, 0.4) is 0 Å². The first kappa shape index (κ1) is 16.9. The number of carboxylic acids is 1. The summed E-state index contributed by atoms with van der Waals surface area (Å²) < 4.78 is 5.21. The minimum atomic E-state index is -0.833. The molecule has 0 aromatic rings. The average molecular weight is 258 g/mol. The summed E-state index contributed by atoms with van der Waals surface area (Å²) in [5, 5.41) is 7.42. The molecule has 0 radical (unpaired) electrons. The van der Waals surface area contributed by atoms with Gasteiger partial charge in [-0.15, -0.1) is 0 Å². The molecule has 1 N–H and O–H groups in total. The molecule has 1 aliphatic rings. The minimum absolute atomic E-state index is 0.135. The predicted molar refractivity (Wildman–Crippen MR) is 70.3 cm³/mol. The molecule has 0 unspecified atom stereocenters. The van der Waals surface area contributed by atoms with Gasteiger partial charge in [0.25, 0.3) is 5.97 Å². The standard InChI is InChI=1S/C12H22O2.C2H4O2/c1-9(13)14-11-7-5-10(6-8-11)12(2,3)4;1-2(3)4/h10-11H,5-8H2,1-4H3;1H3,(H,3,4). The zero-order valence-corrected chi connectivity index (χ0v) is 12.2. The third-order valence-corrected chi connectivity index (χ3v) is 3.23. The molecule has 1 saturated carbocycles. The van der Waals surface area contributed by atoms with Gasteiger partial charge in [0.05, 0.1) is 0 Å². The van der Waals surface area contributed by atoms with Crippen molar-refractivity contribution in [1.29, 1.82) is 0 Å². The van der Waals surface area contributed by atoms with Gasteiger partial charge in [-0.2, -0.15) is 0 Å². The van der Waals surface area contributed by atoms with Crippen molar-refractivity contribution < 1.29 is 19.4 Å². The van der Waals surface area contributed by atoms with E-state index in [4.69, 9.17) is 14.6 Å². The molecule has 0 atom stereocenters. The highest BCUT2D eigenvalue weighted by atomic mass is 16.5. The van der Waals surface area contributed by atoms with Crippen LogP contribution in [0.2, 0.25) is 0 Å². The van der Waals surface area contributed by atoms with Gasteiger partial charge in [-0.1, -0.05) is 20.8 Å². The molecule has 4 nitrogen and oxygen atoms in total. The Morgan fingerprint density at radius 1 is 1.06 bits per heavy atom. The Morgan fingerprint density at radius 2 is 1.44 bits per heavy atom. The number of carbonyl (C=O) groups excluding carboxylic acids is 1. The number of hydrogen-bond acceptors (Lipinski definition) is 3. The van der Waals surface area contributed by atoms with E-state index in [0.29, 0.717) is 5.41 Å². The first-order valence-corrected chi connectivity index (χ1v) is 6.49. The van der Waals surface area contributed by atoms with Crippen molar-refractivity contribution in [3.8, 4) is 0 Å². The Labute approximate surface area is 110 Å². The van der Waals surface area contributed by atoms with Crippen LogP contribution in [0.25, 0.3) is 0 Å². The summed E-state index contributed by atoms with van der Waals surface area (Å²) in [7, 11) is 0. The van der Waals surface area contributed by atoms with Gasteiger partial charge < -0.3 is 9.84 Å². The van der Waals surface area contributed by atoms with Crippen LogP contribution in [0.4, 0.5) is 0 Å². The van der Waals surface area contributed by atoms with Gasteiger partial charge in [0.15, 0.2) is 0 Å². The Hall–Kier alpha value is -1.06. The minimum Gasteiger partial charge on any atom is -0.481 e. The molecule has 0 amide bonds. The van der Waals surface area contributed by atoms with E-state index >= 15 is 0 Å². The van der Waals surface area contributed by atoms with E-state index < -0.39 is 5.97 Å². The van der Waals surface area contributed by atoms with E-state index in [2.05, 4.69) is 20.8 Å². The normalized spacial score (nSPS) is 23.6. The topological polar surface area (TPSA) is 63.6 Å². The molecule has 18 heavy (non-hydrogen) atoms. The van der Waals surface area contributed by atoms with Crippen LogP contribution in [0, 0.1) is 11.3 Å². The molecule has 0 aromatic heterocycles. The maximum Gasteiger partial charge on any atom is 0.302 e. The van der Waals surface area contributed by atoms with Crippen molar-refractivity contribution in [1.82, 2.24) is 0 Å². The van der Waals surface area contributed by atoms with E-state index in [1.54, 1.807) is 0 Å². The maximum atomic E-state index is 10.8. The second kappa shape index (κ2) is 7.39. The molecule has 1 rings (SSSR count). The molecule has 0 bridgehead atoms. The van der Waals surface area contributed by atoms with Gasteiger partial charge >= 0.3 is 5.97 Å². The van der Waals surface area contributed by atoms with Gasteiger partial charge in [0.2, 0.25) is 0 Å².